The van der Waals surface area contributed by atoms with Gasteiger partial charge in [0.25, 0.3) is 0 Å². The summed E-state index contributed by atoms with van der Waals surface area (Å²) in [5.41, 5.74) is 1.45. The van der Waals surface area contributed by atoms with E-state index in [2.05, 4.69) is 42.5 Å². The van der Waals surface area contributed by atoms with Crippen LogP contribution in [-0.4, -0.2) is 37.5 Å². The SMILES string of the molecule is CNc1ncc(C#Cc2nc3ccccn3n2)c2cc(NC(=O)C3CC3)ncc12. The second-order valence-electron chi connectivity index (χ2n) is 6.84. The molecular formula is C21H17N7O. The van der Waals surface area contributed by atoms with Crippen LogP contribution in [0.3, 0.4) is 0 Å². The van der Waals surface area contributed by atoms with Crippen LogP contribution in [0.25, 0.3) is 16.4 Å². The topological polar surface area (TPSA) is 97.1 Å². The van der Waals surface area contributed by atoms with Crippen LogP contribution in [0.1, 0.15) is 24.2 Å². The number of nitrogens with one attached hydrogen (secondary N) is 2. The van der Waals surface area contributed by atoms with Crippen molar-refractivity contribution in [2.24, 2.45) is 5.92 Å². The lowest BCUT2D eigenvalue weighted by Gasteiger charge is -2.09. The van der Waals surface area contributed by atoms with Gasteiger partial charge in [-0.15, -0.1) is 5.10 Å². The number of pyridine rings is 3. The molecule has 4 aromatic heterocycles. The average molecular weight is 383 g/mol. The molecule has 1 saturated carbocycles. The Kier molecular flexibility index (Phi) is 4.06. The van der Waals surface area contributed by atoms with Crippen LogP contribution in [0.5, 0.6) is 0 Å². The van der Waals surface area contributed by atoms with Crippen LogP contribution in [-0.2, 0) is 4.79 Å². The fourth-order valence-electron chi connectivity index (χ4n) is 3.08. The van der Waals surface area contributed by atoms with Gasteiger partial charge in [0.1, 0.15) is 11.6 Å². The first-order valence-electron chi connectivity index (χ1n) is 9.32. The van der Waals surface area contributed by atoms with Crippen molar-refractivity contribution in [3.8, 4) is 11.8 Å². The van der Waals surface area contributed by atoms with Crippen molar-refractivity contribution in [2.45, 2.75) is 12.8 Å². The second-order valence-corrected chi connectivity index (χ2v) is 6.84. The van der Waals surface area contributed by atoms with E-state index >= 15 is 0 Å². The van der Waals surface area contributed by atoms with Gasteiger partial charge in [-0.2, -0.15) is 4.98 Å². The zero-order chi connectivity index (χ0) is 19.8. The molecular weight excluding hydrogens is 366 g/mol. The number of carbonyl (C=O) groups is 1. The normalized spacial score (nSPS) is 13.1. The molecule has 1 fully saturated rings. The van der Waals surface area contributed by atoms with Crippen molar-refractivity contribution in [3.05, 3.63) is 54.2 Å². The molecule has 2 N–H and O–H groups in total. The highest BCUT2D eigenvalue weighted by molar-refractivity contribution is 5.99. The molecule has 0 saturated heterocycles. The predicted molar refractivity (Wildman–Crippen MR) is 109 cm³/mol. The lowest BCUT2D eigenvalue weighted by Crippen LogP contribution is -2.14. The molecule has 4 heterocycles. The van der Waals surface area contributed by atoms with Gasteiger partial charge < -0.3 is 10.6 Å². The molecule has 4 aromatic rings. The summed E-state index contributed by atoms with van der Waals surface area (Å²) in [6.45, 7) is 0. The Hall–Kier alpha value is -3.99. The highest BCUT2D eigenvalue weighted by atomic mass is 16.2. The minimum Gasteiger partial charge on any atom is -0.373 e. The number of aromatic nitrogens is 5. The van der Waals surface area contributed by atoms with Gasteiger partial charge in [-0.05, 0) is 37.0 Å². The standard InChI is InChI=1S/C21H17N7O/c1-22-20-16-12-23-18(26-21(29)13-5-6-13)10-15(16)14(11-24-20)7-8-17-25-19-4-2-3-9-28(19)27-17/h2-4,9-13H,5-6H2,1H3,(H,22,24)(H,23,26,29). The molecule has 142 valence electrons. The molecule has 1 amide bonds. The van der Waals surface area contributed by atoms with E-state index in [4.69, 9.17) is 0 Å². The Morgan fingerprint density at radius 3 is 2.86 bits per heavy atom. The van der Waals surface area contributed by atoms with E-state index in [-0.39, 0.29) is 11.8 Å². The molecule has 0 bridgehead atoms. The molecule has 0 aromatic carbocycles. The number of fused-ring (bicyclic) bond motifs is 2. The van der Waals surface area contributed by atoms with Crippen LogP contribution in [0.15, 0.2) is 42.9 Å². The zero-order valence-electron chi connectivity index (χ0n) is 15.7. The maximum atomic E-state index is 12.1. The number of hydrogen-bond donors (Lipinski definition) is 2. The average Bonchev–Trinajstić information content (AvgIpc) is 3.51. The first-order chi connectivity index (χ1) is 14.2. The minimum absolute atomic E-state index is 0.0151. The van der Waals surface area contributed by atoms with Crippen LogP contribution in [0.2, 0.25) is 0 Å². The summed E-state index contributed by atoms with van der Waals surface area (Å²) in [6.07, 6.45) is 7.10. The number of nitrogens with zero attached hydrogens (tertiary/aromatic N) is 5. The maximum Gasteiger partial charge on any atom is 0.228 e. The molecule has 8 nitrogen and oxygen atoms in total. The molecule has 0 unspecified atom stereocenters. The summed E-state index contributed by atoms with van der Waals surface area (Å²) < 4.78 is 1.68. The van der Waals surface area contributed by atoms with E-state index in [1.54, 1.807) is 24.0 Å². The number of anilines is 2. The molecule has 29 heavy (non-hydrogen) atoms. The fraction of sp³-hybridized carbons (Fsp3) is 0.190. The molecule has 0 aliphatic heterocycles. The van der Waals surface area contributed by atoms with E-state index in [1.165, 1.54) is 0 Å². The van der Waals surface area contributed by atoms with Gasteiger partial charge in [-0.25, -0.2) is 14.5 Å². The quantitative estimate of drug-likeness (QED) is 0.528. The van der Waals surface area contributed by atoms with E-state index in [0.717, 1.165) is 29.3 Å². The summed E-state index contributed by atoms with van der Waals surface area (Å²) in [6, 6.07) is 7.49. The molecule has 0 atom stereocenters. The van der Waals surface area contributed by atoms with Crippen molar-refractivity contribution in [3.63, 3.8) is 0 Å². The van der Waals surface area contributed by atoms with Gasteiger partial charge >= 0.3 is 0 Å². The molecule has 0 radical (unpaired) electrons. The lowest BCUT2D eigenvalue weighted by molar-refractivity contribution is -0.117. The predicted octanol–water partition coefficient (Wildman–Crippen LogP) is 2.46. The van der Waals surface area contributed by atoms with Crippen molar-refractivity contribution in [1.29, 1.82) is 0 Å². The van der Waals surface area contributed by atoms with Gasteiger partial charge in [0.2, 0.25) is 11.7 Å². The van der Waals surface area contributed by atoms with Crippen LogP contribution in [0, 0.1) is 17.8 Å². The Morgan fingerprint density at radius 2 is 2.07 bits per heavy atom. The number of carbonyl (C=O) groups excluding carboxylic acids is 1. The Labute approximate surface area is 166 Å². The summed E-state index contributed by atoms with van der Waals surface area (Å²) in [7, 11) is 1.80. The monoisotopic (exact) mass is 383 g/mol. The Bertz CT molecular complexity index is 1280. The molecule has 8 heteroatoms. The third kappa shape index (κ3) is 3.34. The maximum absolute atomic E-state index is 12.1. The smallest absolute Gasteiger partial charge is 0.228 e. The summed E-state index contributed by atoms with van der Waals surface area (Å²) in [4.78, 5) is 25.3. The first-order valence-corrected chi connectivity index (χ1v) is 9.32. The summed E-state index contributed by atoms with van der Waals surface area (Å²) >= 11 is 0. The van der Waals surface area contributed by atoms with Gasteiger partial charge in [-0.3, -0.25) is 4.79 Å². The summed E-state index contributed by atoms with van der Waals surface area (Å²) in [5, 5.41) is 12.0. The lowest BCUT2D eigenvalue weighted by atomic mass is 10.1. The second kappa shape index (κ2) is 6.87. The third-order valence-electron chi connectivity index (χ3n) is 4.76. The van der Waals surface area contributed by atoms with Crippen LogP contribution in [0.4, 0.5) is 11.6 Å². The van der Waals surface area contributed by atoms with Gasteiger partial charge in [0.15, 0.2) is 5.65 Å². The fourth-order valence-corrected chi connectivity index (χ4v) is 3.08. The van der Waals surface area contributed by atoms with Crippen molar-refractivity contribution in [1.82, 2.24) is 24.6 Å². The van der Waals surface area contributed by atoms with Crippen molar-refractivity contribution >= 4 is 34.0 Å². The number of amides is 1. The van der Waals surface area contributed by atoms with E-state index in [0.29, 0.717) is 23.0 Å². The zero-order valence-corrected chi connectivity index (χ0v) is 15.7. The van der Waals surface area contributed by atoms with E-state index in [9.17, 15) is 4.79 Å². The van der Waals surface area contributed by atoms with Crippen molar-refractivity contribution < 1.29 is 4.79 Å². The van der Waals surface area contributed by atoms with Crippen LogP contribution >= 0.6 is 0 Å². The van der Waals surface area contributed by atoms with E-state index < -0.39 is 0 Å². The van der Waals surface area contributed by atoms with Gasteiger partial charge in [-0.1, -0.05) is 12.0 Å². The highest BCUT2D eigenvalue weighted by Crippen LogP contribution is 2.31. The molecule has 1 aliphatic rings. The largest absolute Gasteiger partial charge is 0.373 e. The highest BCUT2D eigenvalue weighted by Gasteiger charge is 2.29. The number of hydrogen-bond acceptors (Lipinski definition) is 6. The van der Waals surface area contributed by atoms with Gasteiger partial charge in [0.05, 0.1) is 5.56 Å². The first kappa shape index (κ1) is 17.1. The Morgan fingerprint density at radius 1 is 1.17 bits per heavy atom. The third-order valence-corrected chi connectivity index (χ3v) is 4.76. The van der Waals surface area contributed by atoms with Crippen LogP contribution < -0.4 is 10.6 Å². The molecule has 5 rings (SSSR count). The molecule has 0 spiro atoms. The Balaban J connectivity index is 1.56. The number of rotatable bonds is 3. The van der Waals surface area contributed by atoms with E-state index in [1.807, 2.05) is 30.5 Å². The molecule has 1 aliphatic carbocycles. The minimum atomic E-state index is 0.0151. The van der Waals surface area contributed by atoms with Crippen molar-refractivity contribution in [2.75, 3.05) is 17.7 Å². The summed E-state index contributed by atoms with van der Waals surface area (Å²) in [5.74, 6) is 7.88. The van der Waals surface area contributed by atoms with Gasteiger partial charge in [0, 0.05) is 42.3 Å².